The second-order valence-corrected chi connectivity index (χ2v) is 17.4. The number of allylic oxidation sites excluding steroid dienone is 1. The maximum atomic E-state index is 13.2. The summed E-state index contributed by atoms with van der Waals surface area (Å²) in [7, 11) is 0. The first-order valence-electron chi connectivity index (χ1n) is 17.8. The Morgan fingerprint density at radius 2 is 1.29 bits per heavy atom. The van der Waals surface area contributed by atoms with Crippen molar-refractivity contribution in [3.63, 3.8) is 0 Å². The quantitative estimate of drug-likeness (QED) is 0.366. The standard InChI is InChI=1S/C38H54O4/c1-35-16-13-24(39)19-22(35)5-7-26-29-10-12-33(37(29,3)18-14-30(26)35)42-34-21-25(40)20-23-6-8-27-28-9-11-32(41)36(28,2)17-15-31(27)38(23,34)4/h19-20,26-34,41H,5-18,21H2,1-4H3/t26-,27-,28-,29-,30-,31-,32-,33-,34?,35-,36-,37-,38-/m0/s1. The van der Waals surface area contributed by atoms with Crippen LogP contribution in [0.2, 0.25) is 0 Å². The van der Waals surface area contributed by atoms with Crippen LogP contribution in [0.5, 0.6) is 0 Å². The van der Waals surface area contributed by atoms with E-state index in [1.807, 2.05) is 12.2 Å². The molecular weight excluding hydrogens is 520 g/mol. The predicted octanol–water partition coefficient (Wildman–Crippen LogP) is 7.77. The minimum absolute atomic E-state index is 0.0189. The third kappa shape index (κ3) is 3.66. The van der Waals surface area contributed by atoms with Crippen LogP contribution in [0.25, 0.3) is 0 Å². The molecule has 1 N–H and O–H groups in total. The zero-order valence-corrected chi connectivity index (χ0v) is 26.6. The molecule has 4 heteroatoms. The van der Waals surface area contributed by atoms with Crippen LogP contribution in [-0.2, 0) is 14.3 Å². The Morgan fingerprint density at radius 1 is 0.643 bits per heavy atom. The van der Waals surface area contributed by atoms with Gasteiger partial charge in [0.05, 0.1) is 18.3 Å². The molecule has 0 heterocycles. The number of rotatable bonds is 2. The van der Waals surface area contributed by atoms with Gasteiger partial charge < -0.3 is 9.84 Å². The highest BCUT2D eigenvalue weighted by molar-refractivity contribution is 5.92. The molecule has 0 aromatic rings. The van der Waals surface area contributed by atoms with E-state index < -0.39 is 0 Å². The zero-order valence-electron chi connectivity index (χ0n) is 26.6. The van der Waals surface area contributed by atoms with E-state index in [9.17, 15) is 14.7 Å². The maximum Gasteiger partial charge on any atom is 0.158 e. The SMILES string of the molecule is C[C@]12CC[C@H]3[C@@H](CCC4=CC(=O)CC[C@@]43C)[C@@H]1CC[C@@H]2OC1CC(=O)C=C2CC[C@H]3[C@@H]4CC[C@H](O)[C@@]4(C)CC[C@@H]3[C@]21C. The Hall–Kier alpha value is -1.26. The van der Waals surface area contributed by atoms with Crippen molar-refractivity contribution in [2.24, 2.45) is 57.2 Å². The Kier molecular flexibility index (Phi) is 6.30. The predicted molar refractivity (Wildman–Crippen MR) is 163 cm³/mol. The van der Waals surface area contributed by atoms with Gasteiger partial charge in [-0.3, -0.25) is 9.59 Å². The summed E-state index contributed by atoms with van der Waals surface area (Å²) < 4.78 is 7.43. The van der Waals surface area contributed by atoms with Crippen molar-refractivity contribution in [3.05, 3.63) is 23.3 Å². The van der Waals surface area contributed by atoms with E-state index in [1.165, 1.54) is 43.3 Å². The molecule has 8 aliphatic rings. The summed E-state index contributed by atoms with van der Waals surface area (Å²) in [5.74, 6) is 4.53. The molecule has 4 nitrogen and oxygen atoms in total. The van der Waals surface area contributed by atoms with Crippen molar-refractivity contribution in [3.8, 4) is 0 Å². The number of fused-ring (bicyclic) bond motifs is 10. The number of ether oxygens (including phenoxy) is 1. The minimum Gasteiger partial charge on any atom is -0.393 e. The summed E-state index contributed by atoms with van der Waals surface area (Å²) >= 11 is 0. The first-order chi connectivity index (χ1) is 20.0. The molecule has 0 aromatic carbocycles. The summed E-state index contributed by atoms with van der Waals surface area (Å²) in [5.41, 5.74) is 3.22. The lowest BCUT2D eigenvalue weighted by atomic mass is 9.46. The fraction of sp³-hybridized carbons (Fsp3) is 0.842. The summed E-state index contributed by atoms with van der Waals surface area (Å²) in [4.78, 5) is 25.5. The molecule has 0 radical (unpaired) electrons. The maximum absolute atomic E-state index is 13.2. The number of hydrogen-bond donors (Lipinski definition) is 1. The van der Waals surface area contributed by atoms with E-state index >= 15 is 0 Å². The van der Waals surface area contributed by atoms with E-state index in [4.69, 9.17) is 4.74 Å². The summed E-state index contributed by atoms with van der Waals surface area (Å²) in [6.45, 7) is 9.87. The molecule has 8 aliphatic carbocycles. The number of carbonyl (C=O) groups excluding carboxylic acids is 2. The van der Waals surface area contributed by atoms with Crippen LogP contribution in [0.4, 0.5) is 0 Å². The van der Waals surface area contributed by atoms with Crippen LogP contribution in [-0.4, -0.2) is 35.0 Å². The first-order valence-corrected chi connectivity index (χ1v) is 17.8. The second kappa shape index (κ2) is 9.38. The molecule has 0 aromatic heterocycles. The van der Waals surface area contributed by atoms with Gasteiger partial charge in [0.1, 0.15) is 0 Å². The van der Waals surface area contributed by atoms with Crippen LogP contribution < -0.4 is 0 Å². The Labute approximate surface area is 253 Å². The monoisotopic (exact) mass is 574 g/mol. The van der Waals surface area contributed by atoms with E-state index in [-0.39, 0.29) is 45.8 Å². The van der Waals surface area contributed by atoms with Crippen molar-refractivity contribution in [2.45, 2.75) is 142 Å². The Balaban J connectivity index is 1.06. The average molecular weight is 575 g/mol. The third-order valence-corrected chi connectivity index (χ3v) is 16.2. The van der Waals surface area contributed by atoms with Gasteiger partial charge in [-0.2, -0.15) is 0 Å². The lowest BCUT2D eigenvalue weighted by molar-refractivity contribution is -0.174. The molecule has 6 fully saturated rings. The lowest BCUT2D eigenvalue weighted by Gasteiger charge is -2.60. The van der Waals surface area contributed by atoms with Gasteiger partial charge in [0, 0.05) is 18.3 Å². The summed E-state index contributed by atoms with van der Waals surface area (Å²) in [5, 5.41) is 11.0. The van der Waals surface area contributed by atoms with Gasteiger partial charge in [-0.1, -0.05) is 38.8 Å². The van der Waals surface area contributed by atoms with Crippen molar-refractivity contribution >= 4 is 11.6 Å². The van der Waals surface area contributed by atoms with E-state index in [0.29, 0.717) is 41.8 Å². The normalized spacial score (nSPS) is 54.9. The van der Waals surface area contributed by atoms with Crippen molar-refractivity contribution in [1.29, 1.82) is 0 Å². The second-order valence-electron chi connectivity index (χ2n) is 17.4. The molecule has 1 unspecified atom stereocenters. The number of aliphatic hydroxyl groups is 1. The fourth-order valence-corrected chi connectivity index (χ4v) is 13.7. The molecule has 0 saturated heterocycles. The van der Waals surface area contributed by atoms with E-state index in [1.54, 1.807) is 0 Å². The van der Waals surface area contributed by atoms with Crippen molar-refractivity contribution < 1.29 is 19.4 Å². The molecule has 0 amide bonds. The van der Waals surface area contributed by atoms with Gasteiger partial charge in [0.2, 0.25) is 0 Å². The molecule has 42 heavy (non-hydrogen) atoms. The lowest BCUT2D eigenvalue weighted by Crippen LogP contribution is -2.57. The molecular formula is C38H54O4. The molecule has 13 atom stereocenters. The molecule has 6 saturated carbocycles. The van der Waals surface area contributed by atoms with Crippen LogP contribution in [0.15, 0.2) is 23.3 Å². The molecule has 0 bridgehead atoms. The average Bonchev–Trinajstić information content (AvgIpc) is 3.45. The van der Waals surface area contributed by atoms with E-state index in [0.717, 1.165) is 63.7 Å². The van der Waals surface area contributed by atoms with Gasteiger partial charge in [-0.25, -0.2) is 0 Å². The van der Waals surface area contributed by atoms with Gasteiger partial charge >= 0.3 is 0 Å². The van der Waals surface area contributed by atoms with E-state index in [2.05, 4.69) is 27.7 Å². The Morgan fingerprint density at radius 3 is 2.10 bits per heavy atom. The number of hydrogen-bond acceptors (Lipinski definition) is 4. The molecule has 0 aliphatic heterocycles. The molecule has 0 spiro atoms. The van der Waals surface area contributed by atoms with Gasteiger partial charge in [-0.15, -0.1) is 0 Å². The fourth-order valence-electron chi connectivity index (χ4n) is 13.7. The van der Waals surface area contributed by atoms with Crippen LogP contribution >= 0.6 is 0 Å². The van der Waals surface area contributed by atoms with Crippen LogP contribution in [0, 0.1) is 57.2 Å². The first kappa shape index (κ1) is 28.2. The third-order valence-electron chi connectivity index (χ3n) is 16.2. The van der Waals surface area contributed by atoms with Crippen LogP contribution in [0.1, 0.15) is 124 Å². The highest BCUT2D eigenvalue weighted by Crippen LogP contribution is 2.68. The van der Waals surface area contributed by atoms with Gasteiger partial charge in [-0.05, 0) is 147 Å². The number of aliphatic hydroxyl groups excluding tert-OH is 1. The minimum atomic E-state index is -0.151. The smallest absolute Gasteiger partial charge is 0.158 e. The largest absolute Gasteiger partial charge is 0.393 e. The summed E-state index contributed by atoms with van der Waals surface area (Å²) in [6.07, 6.45) is 20.2. The van der Waals surface area contributed by atoms with Gasteiger partial charge in [0.25, 0.3) is 0 Å². The number of carbonyl (C=O) groups is 2. The summed E-state index contributed by atoms with van der Waals surface area (Å²) in [6, 6.07) is 0. The number of ketones is 2. The van der Waals surface area contributed by atoms with Crippen LogP contribution in [0.3, 0.4) is 0 Å². The molecule has 230 valence electrons. The topological polar surface area (TPSA) is 63.6 Å². The molecule has 8 rings (SSSR count). The van der Waals surface area contributed by atoms with Crippen molar-refractivity contribution in [1.82, 2.24) is 0 Å². The highest BCUT2D eigenvalue weighted by atomic mass is 16.5. The zero-order chi connectivity index (χ0) is 29.2. The highest BCUT2D eigenvalue weighted by Gasteiger charge is 2.64. The Bertz CT molecular complexity index is 1250. The van der Waals surface area contributed by atoms with Gasteiger partial charge in [0.15, 0.2) is 11.6 Å². The van der Waals surface area contributed by atoms with Crippen molar-refractivity contribution in [2.75, 3.05) is 0 Å².